The third-order valence-corrected chi connectivity index (χ3v) is 7.50. The summed E-state index contributed by atoms with van der Waals surface area (Å²) in [5.74, 6) is -0.0921. The Morgan fingerprint density at radius 2 is 1.86 bits per heavy atom. The molecule has 2 aromatic carbocycles. The van der Waals surface area contributed by atoms with Crippen LogP contribution in [-0.2, 0) is 40.8 Å². The van der Waals surface area contributed by atoms with Crippen molar-refractivity contribution in [2.45, 2.75) is 56.7 Å². The van der Waals surface area contributed by atoms with Crippen molar-refractivity contribution in [1.82, 2.24) is 14.3 Å². The summed E-state index contributed by atoms with van der Waals surface area (Å²) in [7, 11) is -4.36. The van der Waals surface area contributed by atoms with Gasteiger partial charge in [0.15, 0.2) is 5.15 Å². The fraction of sp³-hybridized carbons (Fsp3) is 0.360. The Bertz CT molecular complexity index is 1300. The highest BCUT2D eigenvalue weighted by molar-refractivity contribution is 7.89. The molecule has 1 heterocycles. The number of hydrogen-bond acceptors (Lipinski definition) is 6. The van der Waals surface area contributed by atoms with E-state index < -0.39 is 22.0 Å². The second-order valence-corrected chi connectivity index (χ2v) is 10.3. The number of ether oxygens (including phenoxy) is 1. The number of nitrogens with zero attached hydrogens (tertiary/aromatic N) is 2. The number of rotatable bonds is 13. The third kappa shape index (κ3) is 6.85. The number of carboxylic acids is 1. The standard InChI is InChI=1S/C25H30ClN3O6S/c1-3-4-5-23-27-24(26)22(16-30)29(23)15-18-8-12-20(13-9-18)36(33,34)28-21(25(31)32)14-17-6-10-19(35-2)11-7-17/h6-13,21,28,30H,3-5,14-16H2,1-2H3,(H,31,32)/t21-/m0/s1/i2D. The van der Waals surface area contributed by atoms with Crippen molar-refractivity contribution in [1.29, 1.82) is 0 Å². The van der Waals surface area contributed by atoms with Gasteiger partial charge in [-0.3, -0.25) is 4.79 Å². The van der Waals surface area contributed by atoms with E-state index in [1.807, 2.05) is 4.57 Å². The molecule has 3 rings (SSSR count). The molecule has 3 aromatic rings. The van der Waals surface area contributed by atoms with E-state index in [9.17, 15) is 23.4 Å². The highest BCUT2D eigenvalue weighted by Gasteiger charge is 2.26. The maximum Gasteiger partial charge on any atom is 0.322 e. The first-order valence-corrected chi connectivity index (χ1v) is 13.2. The molecule has 0 aliphatic carbocycles. The number of halogens is 1. The molecule has 9 nitrogen and oxygen atoms in total. The molecule has 0 saturated heterocycles. The predicted octanol–water partition coefficient (Wildman–Crippen LogP) is 3.40. The van der Waals surface area contributed by atoms with Gasteiger partial charge in [0.25, 0.3) is 0 Å². The summed E-state index contributed by atoms with van der Waals surface area (Å²) in [5, 5.41) is 19.6. The summed E-state index contributed by atoms with van der Waals surface area (Å²) in [6, 6.07) is 11.2. The van der Waals surface area contributed by atoms with Crippen molar-refractivity contribution in [3.63, 3.8) is 0 Å². The fourth-order valence-corrected chi connectivity index (χ4v) is 5.17. The number of aromatic nitrogens is 2. The second kappa shape index (κ2) is 12.4. The molecule has 0 amide bonds. The van der Waals surface area contributed by atoms with Crippen LogP contribution in [0.4, 0.5) is 0 Å². The lowest BCUT2D eigenvalue weighted by molar-refractivity contribution is -0.138. The fourth-order valence-electron chi connectivity index (χ4n) is 3.72. The van der Waals surface area contributed by atoms with Gasteiger partial charge in [0.2, 0.25) is 10.0 Å². The average Bonchev–Trinajstić information content (AvgIpc) is 3.17. The minimum absolute atomic E-state index is 0.0698. The summed E-state index contributed by atoms with van der Waals surface area (Å²) >= 11 is 6.19. The number of hydrogen-bond donors (Lipinski definition) is 3. The van der Waals surface area contributed by atoms with E-state index in [2.05, 4.69) is 16.6 Å². The Balaban J connectivity index is 1.74. The Morgan fingerprint density at radius 3 is 2.44 bits per heavy atom. The van der Waals surface area contributed by atoms with Crippen LogP contribution in [0.3, 0.4) is 0 Å². The predicted molar refractivity (Wildman–Crippen MR) is 136 cm³/mol. The summed E-state index contributed by atoms with van der Waals surface area (Å²) in [6.45, 7) is 2.14. The lowest BCUT2D eigenvalue weighted by atomic mass is 10.1. The van der Waals surface area contributed by atoms with Gasteiger partial charge in [-0.15, -0.1) is 0 Å². The Labute approximate surface area is 217 Å². The molecule has 3 N–H and O–H groups in total. The van der Waals surface area contributed by atoms with Gasteiger partial charge in [-0.1, -0.05) is 49.2 Å². The summed E-state index contributed by atoms with van der Waals surface area (Å²) in [6.07, 6.45) is 2.51. The molecule has 36 heavy (non-hydrogen) atoms. The van der Waals surface area contributed by atoms with E-state index >= 15 is 0 Å². The van der Waals surface area contributed by atoms with Gasteiger partial charge in [0, 0.05) is 13.0 Å². The summed E-state index contributed by atoms with van der Waals surface area (Å²) < 4.78 is 42.1. The van der Waals surface area contributed by atoms with E-state index in [4.69, 9.17) is 17.7 Å². The number of aliphatic hydroxyl groups is 1. The minimum atomic E-state index is -4.12. The molecule has 1 atom stereocenters. The van der Waals surface area contributed by atoms with Crippen LogP contribution in [0.1, 0.15) is 43.8 Å². The Kier molecular flexibility index (Phi) is 8.98. The molecule has 194 valence electrons. The number of sulfonamides is 1. The van der Waals surface area contributed by atoms with Gasteiger partial charge in [-0.2, -0.15) is 4.72 Å². The first kappa shape index (κ1) is 26.2. The normalized spacial score (nSPS) is 12.8. The van der Waals surface area contributed by atoms with Crippen molar-refractivity contribution in [3.05, 3.63) is 76.3 Å². The Morgan fingerprint density at radius 1 is 1.19 bits per heavy atom. The number of unbranched alkanes of at least 4 members (excludes halogenated alkanes) is 1. The quantitative estimate of drug-likeness (QED) is 0.305. The zero-order valence-corrected chi connectivity index (χ0v) is 21.4. The number of imidazole rings is 1. The number of methoxy groups -OCH3 is 1. The molecule has 11 heteroatoms. The van der Waals surface area contributed by atoms with Gasteiger partial charge in [0.05, 0.1) is 25.7 Å². The number of nitrogens with one attached hydrogen (secondary N) is 1. The number of carboxylic acid groups (broad SMARTS) is 1. The van der Waals surface area contributed by atoms with Gasteiger partial charge in [-0.25, -0.2) is 13.4 Å². The van der Waals surface area contributed by atoms with Crippen LogP contribution in [0.25, 0.3) is 0 Å². The van der Waals surface area contributed by atoms with Crippen molar-refractivity contribution in [2.75, 3.05) is 7.09 Å². The van der Waals surface area contributed by atoms with Gasteiger partial charge >= 0.3 is 5.97 Å². The number of carbonyl (C=O) groups is 1. The largest absolute Gasteiger partial charge is 0.497 e. The highest BCUT2D eigenvalue weighted by atomic mass is 35.5. The molecule has 0 unspecified atom stereocenters. The SMILES string of the molecule is [2H]COc1ccc(C[C@H](NS(=O)(=O)c2ccc(Cn3c(CCCC)nc(Cl)c3CO)cc2)C(=O)O)cc1. The molecule has 0 radical (unpaired) electrons. The topological polar surface area (TPSA) is 131 Å². The smallest absolute Gasteiger partial charge is 0.322 e. The highest BCUT2D eigenvalue weighted by Crippen LogP contribution is 2.22. The lowest BCUT2D eigenvalue weighted by Gasteiger charge is -2.16. The first-order chi connectivity index (χ1) is 17.7. The molecule has 1 aromatic heterocycles. The van der Waals surface area contributed by atoms with Crippen molar-refractivity contribution < 1.29 is 29.5 Å². The lowest BCUT2D eigenvalue weighted by Crippen LogP contribution is -2.42. The van der Waals surface area contributed by atoms with E-state index in [0.29, 0.717) is 30.0 Å². The van der Waals surface area contributed by atoms with Crippen LogP contribution in [0.2, 0.25) is 5.15 Å². The third-order valence-electron chi connectivity index (χ3n) is 5.71. The van der Waals surface area contributed by atoms with Gasteiger partial charge < -0.3 is 19.5 Å². The van der Waals surface area contributed by atoms with E-state index in [1.54, 1.807) is 36.4 Å². The second-order valence-electron chi connectivity index (χ2n) is 8.26. The summed E-state index contributed by atoms with van der Waals surface area (Å²) in [4.78, 5) is 16.1. The van der Waals surface area contributed by atoms with Crippen LogP contribution in [0, 0.1) is 0 Å². The molecule has 0 spiro atoms. The van der Waals surface area contributed by atoms with Gasteiger partial charge in [0.1, 0.15) is 17.6 Å². The van der Waals surface area contributed by atoms with Crippen LogP contribution >= 0.6 is 11.6 Å². The number of aliphatic carboxylic acids is 1. The van der Waals surface area contributed by atoms with Crippen molar-refractivity contribution >= 4 is 27.6 Å². The van der Waals surface area contributed by atoms with Crippen LogP contribution in [0.15, 0.2) is 53.4 Å². The first-order valence-electron chi connectivity index (χ1n) is 12.1. The molecular weight excluding hydrogens is 506 g/mol. The maximum atomic E-state index is 12.9. The maximum absolute atomic E-state index is 12.9. The Hall–Kier alpha value is -2.92. The molecule has 0 aliphatic heterocycles. The van der Waals surface area contributed by atoms with Crippen molar-refractivity contribution in [2.24, 2.45) is 0 Å². The monoisotopic (exact) mass is 536 g/mol. The zero-order chi connectivity index (χ0) is 27.0. The number of benzene rings is 2. The number of aliphatic hydroxyl groups excluding tert-OH is 1. The molecule has 0 saturated carbocycles. The van der Waals surface area contributed by atoms with Crippen LogP contribution in [0.5, 0.6) is 5.75 Å². The van der Waals surface area contributed by atoms with Crippen LogP contribution in [-0.4, -0.2) is 47.3 Å². The molecule has 0 aliphatic rings. The zero-order valence-electron chi connectivity index (χ0n) is 20.9. The van der Waals surface area contributed by atoms with Crippen molar-refractivity contribution in [3.8, 4) is 5.75 Å². The van der Waals surface area contributed by atoms with E-state index in [-0.39, 0.29) is 30.2 Å². The molecule has 0 fully saturated rings. The van der Waals surface area contributed by atoms with Crippen LogP contribution < -0.4 is 9.46 Å². The number of aryl methyl sites for hydroxylation is 1. The minimum Gasteiger partial charge on any atom is -0.497 e. The molecule has 0 bridgehead atoms. The average molecular weight is 537 g/mol. The van der Waals surface area contributed by atoms with E-state index in [1.165, 1.54) is 12.1 Å². The molecular formula is C25H30ClN3O6S. The summed E-state index contributed by atoms with van der Waals surface area (Å²) in [5.41, 5.74) is 1.86. The van der Waals surface area contributed by atoms with E-state index in [0.717, 1.165) is 24.2 Å². The van der Waals surface area contributed by atoms with Gasteiger partial charge in [-0.05, 0) is 48.2 Å².